The second-order valence-electron chi connectivity index (χ2n) is 6.12. The molecule has 0 saturated heterocycles. The van der Waals surface area contributed by atoms with E-state index in [-0.39, 0.29) is 11.2 Å². The van der Waals surface area contributed by atoms with Crippen LogP contribution in [0.2, 0.25) is 0 Å². The number of rotatable bonds is 2. The Morgan fingerprint density at radius 2 is 1.75 bits per heavy atom. The van der Waals surface area contributed by atoms with E-state index in [4.69, 9.17) is 4.74 Å². The molecule has 2 aromatic rings. The van der Waals surface area contributed by atoms with E-state index in [1.54, 1.807) is 12.1 Å². The molecule has 0 bridgehead atoms. The average molecular weight is 273 g/mol. The summed E-state index contributed by atoms with van der Waals surface area (Å²) in [7, 11) is 0. The molecular weight excluding hydrogens is 253 g/mol. The highest BCUT2D eigenvalue weighted by Crippen LogP contribution is 2.29. The van der Waals surface area contributed by atoms with Crippen LogP contribution in [-0.2, 0) is 5.41 Å². The summed E-state index contributed by atoms with van der Waals surface area (Å²) < 4.78 is 19.7. The van der Waals surface area contributed by atoms with Gasteiger partial charge >= 0.3 is 0 Å². The number of hydrogen-bond acceptors (Lipinski definition) is 2. The highest BCUT2D eigenvalue weighted by molar-refractivity contribution is 5.35. The topological polar surface area (TPSA) is 22.1 Å². The molecule has 2 rings (SSSR count). The molecule has 20 heavy (non-hydrogen) atoms. The quantitative estimate of drug-likeness (QED) is 0.774. The van der Waals surface area contributed by atoms with Crippen LogP contribution in [0.15, 0.2) is 30.3 Å². The van der Waals surface area contributed by atoms with Crippen molar-refractivity contribution in [3.8, 4) is 11.6 Å². The lowest BCUT2D eigenvalue weighted by atomic mass is 9.87. The SMILES string of the molecule is Cc1cc(C)nc(Oc2ccc(C(C)(C)C)c(F)c2)c1. The molecule has 0 N–H and O–H groups in total. The molecule has 0 fully saturated rings. The van der Waals surface area contributed by atoms with Crippen LogP contribution < -0.4 is 4.74 Å². The van der Waals surface area contributed by atoms with Gasteiger partial charge in [0.25, 0.3) is 0 Å². The first-order valence-electron chi connectivity index (χ1n) is 6.69. The molecular formula is C17H20FNO. The number of aryl methyl sites for hydroxylation is 2. The van der Waals surface area contributed by atoms with Crippen molar-refractivity contribution in [2.24, 2.45) is 0 Å². The zero-order valence-corrected chi connectivity index (χ0v) is 12.6. The van der Waals surface area contributed by atoms with Crippen molar-refractivity contribution in [2.45, 2.75) is 40.0 Å². The summed E-state index contributed by atoms with van der Waals surface area (Å²) >= 11 is 0. The zero-order chi connectivity index (χ0) is 14.9. The van der Waals surface area contributed by atoms with Crippen LogP contribution in [0, 0.1) is 19.7 Å². The molecule has 0 aliphatic rings. The highest BCUT2D eigenvalue weighted by atomic mass is 19.1. The Hall–Kier alpha value is -1.90. The van der Waals surface area contributed by atoms with Crippen LogP contribution in [0.3, 0.4) is 0 Å². The summed E-state index contributed by atoms with van der Waals surface area (Å²) in [6, 6.07) is 8.77. The zero-order valence-electron chi connectivity index (χ0n) is 12.6. The normalized spacial score (nSPS) is 11.5. The predicted molar refractivity (Wildman–Crippen MR) is 78.9 cm³/mol. The fourth-order valence-corrected chi connectivity index (χ4v) is 2.14. The first-order valence-corrected chi connectivity index (χ1v) is 6.69. The molecule has 0 aliphatic carbocycles. The van der Waals surface area contributed by atoms with Crippen LogP contribution in [0.4, 0.5) is 4.39 Å². The number of halogens is 1. The van der Waals surface area contributed by atoms with Crippen LogP contribution in [-0.4, -0.2) is 4.98 Å². The largest absolute Gasteiger partial charge is 0.439 e. The van der Waals surface area contributed by atoms with Crippen molar-refractivity contribution in [1.29, 1.82) is 0 Å². The number of nitrogens with zero attached hydrogens (tertiary/aromatic N) is 1. The van der Waals surface area contributed by atoms with Gasteiger partial charge in [0, 0.05) is 17.8 Å². The summed E-state index contributed by atoms with van der Waals surface area (Å²) in [5.74, 6) is 0.706. The monoisotopic (exact) mass is 273 g/mol. The molecule has 0 spiro atoms. The summed E-state index contributed by atoms with van der Waals surface area (Å²) in [4.78, 5) is 4.29. The maximum Gasteiger partial charge on any atom is 0.219 e. The number of hydrogen-bond donors (Lipinski definition) is 0. The Labute approximate surface area is 119 Å². The Kier molecular flexibility index (Phi) is 3.80. The number of pyridine rings is 1. The lowest BCUT2D eigenvalue weighted by molar-refractivity contribution is 0.451. The van der Waals surface area contributed by atoms with Gasteiger partial charge in [0.15, 0.2) is 0 Å². The lowest BCUT2D eigenvalue weighted by Gasteiger charge is -2.20. The van der Waals surface area contributed by atoms with E-state index >= 15 is 0 Å². The molecule has 0 radical (unpaired) electrons. The summed E-state index contributed by atoms with van der Waals surface area (Å²) in [6.07, 6.45) is 0. The van der Waals surface area contributed by atoms with E-state index in [9.17, 15) is 4.39 Å². The first kappa shape index (κ1) is 14.5. The minimum Gasteiger partial charge on any atom is -0.439 e. The Morgan fingerprint density at radius 3 is 2.30 bits per heavy atom. The number of benzene rings is 1. The van der Waals surface area contributed by atoms with Crippen molar-refractivity contribution in [3.63, 3.8) is 0 Å². The molecule has 1 aromatic carbocycles. The van der Waals surface area contributed by atoms with Gasteiger partial charge in [-0.2, -0.15) is 0 Å². The molecule has 0 amide bonds. The molecule has 0 saturated carbocycles. The third-order valence-corrected chi connectivity index (χ3v) is 3.05. The van der Waals surface area contributed by atoms with Crippen molar-refractivity contribution in [1.82, 2.24) is 4.98 Å². The van der Waals surface area contributed by atoms with Crippen molar-refractivity contribution in [2.75, 3.05) is 0 Å². The molecule has 0 atom stereocenters. The highest BCUT2D eigenvalue weighted by Gasteiger charge is 2.18. The number of aromatic nitrogens is 1. The van der Waals surface area contributed by atoms with Gasteiger partial charge in [-0.25, -0.2) is 9.37 Å². The van der Waals surface area contributed by atoms with Gasteiger partial charge in [0.05, 0.1) is 0 Å². The van der Waals surface area contributed by atoms with E-state index in [1.807, 2.05) is 46.8 Å². The second kappa shape index (κ2) is 5.23. The van der Waals surface area contributed by atoms with E-state index in [0.717, 1.165) is 11.3 Å². The van der Waals surface area contributed by atoms with Gasteiger partial charge in [0.1, 0.15) is 11.6 Å². The summed E-state index contributed by atoms with van der Waals surface area (Å²) in [5.41, 5.74) is 2.41. The van der Waals surface area contributed by atoms with Crippen LogP contribution in [0.1, 0.15) is 37.6 Å². The van der Waals surface area contributed by atoms with Gasteiger partial charge in [-0.3, -0.25) is 0 Å². The standard InChI is InChI=1S/C17H20FNO/c1-11-8-12(2)19-16(9-11)20-13-6-7-14(15(18)10-13)17(3,4)5/h6-10H,1-5H3. The average Bonchev–Trinajstić information content (AvgIpc) is 2.25. The van der Waals surface area contributed by atoms with Crippen LogP contribution >= 0.6 is 0 Å². The molecule has 2 nitrogen and oxygen atoms in total. The molecule has 106 valence electrons. The minimum absolute atomic E-state index is 0.221. The maximum atomic E-state index is 14.1. The molecule has 0 unspecified atom stereocenters. The van der Waals surface area contributed by atoms with Gasteiger partial charge in [-0.15, -0.1) is 0 Å². The molecule has 1 heterocycles. The van der Waals surface area contributed by atoms with Gasteiger partial charge in [-0.05, 0) is 42.5 Å². The van der Waals surface area contributed by atoms with Gasteiger partial charge in [-0.1, -0.05) is 26.8 Å². The molecule has 3 heteroatoms. The van der Waals surface area contributed by atoms with Gasteiger partial charge in [0.2, 0.25) is 5.88 Å². The van der Waals surface area contributed by atoms with E-state index in [2.05, 4.69) is 4.98 Å². The number of ether oxygens (including phenoxy) is 1. The van der Waals surface area contributed by atoms with Crippen molar-refractivity contribution < 1.29 is 9.13 Å². The lowest BCUT2D eigenvalue weighted by Crippen LogP contribution is -2.13. The fourth-order valence-electron chi connectivity index (χ4n) is 2.14. The molecule has 1 aromatic heterocycles. The van der Waals surface area contributed by atoms with Crippen molar-refractivity contribution in [3.05, 3.63) is 53.0 Å². The second-order valence-corrected chi connectivity index (χ2v) is 6.12. The van der Waals surface area contributed by atoms with E-state index in [1.165, 1.54) is 6.07 Å². The van der Waals surface area contributed by atoms with E-state index in [0.29, 0.717) is 17.2 Å². The Bertz CT molecular complexity index is 609. The summed E-state index contributed by atoms with van der Waals surface area (Å²) in [5, 5.41) is 0. The van der Waals surface area contributed by atoms with E-state index < -0.39 is 0 Å². The summed E-state index contributed by atoms with van der Waals surface area (Å²) in [6.45, 7) is 9.83. The van der Waals surface area contributed by atoms with Crippen LogP contribution in [0.25, 0.3) is 0 Å². The Balaban J connectivity index is 2.29. The van der Waals surface area contributed by atoms with Crippen LogP contribution in [0.5, 0.6) is 11.6 Å². The predicted octanol–water partition coefficient (Wildman–Crippen LogP) is 4.93. The minimum atomic E-state index is -0.251. The third kappa shape index (κ3) is 3.35. The third-order valence-electron chi connectivity index (χ3n) is 3.05. The first-order chi connectivity index (χ1) is 9.25. The fraction of sp³-hybridized carbons (Fsp3) is 0.353. The molecule has 0 aliphatic heterocycles. The smallest absolute Gasteiger partial charge is 0.219 e. The van der Waals surface area contributed by atoms with Gasteiger partial charge < -0.3 is 4.74 Å². The van der Waals surface area contributed by atoms with Crippen molar-refractivity contribution >= 4 is 0 Å². The Morgan fingerprint density at radius 1 is 1.05 bits per heavy atom. The maximum absolute atomic E-state index is 14.1.